The van der Waals surface area contributed by atoms with Crippen molar-refractivity contribution >= 4 is 27.5 Å². The molecule has 0 amide bonds. The lowest BCUT2D eigenvalue weighted by atomic mass is 10.3. The van der Waals surface area contributed by atoms with Gasteiger partial charge < -0.3 is 0 Å². The first-order valence-corrected chi connectivity index (χ1v) is 9.23. The maximum Gasteiger partial charge on any atom is 0.284 e. The first-order chi connectivity index (χ1) is 11.2. The molecule has 0 atom stereocenters. The van der Waals surface area contributed by atoms with E-state index in [1.54, 1.807) is 13.8 Å². The normalized spacial score (nSPS) is 11.7. The quantitative estimate of drug-likeness (QED) is 0.620. The van der Waals surface area contributed by atoms with Crippen LogP contribution < -0.4 is 4.72 Å². The van der Waals surface area contributed by atoms with Gasteiger partial charge in [0.2, 0.25) is 10.0 Å². The zero-order chi connectivity index (χ0) is 17.9. The molecule has 0 unspecified atom stereocenters. The van der Waals surface area contributed by atoms with Crippen LogP contribution in [-0.4, -0.2) is 19.4 Å². The highest BCUT2D eigenvalue weighted by Crippen LogP contribution is 2.36. The van der Waals surface area contributed by atoms with Crippen molar-refractivity contribution in [3.63, 3.8) is 0 Å². The number of nitrogens with zero attached hydrogens (tertiary/aromatic N) is 1. The Kier molecular flexibility index (Phi) is 5.58. The van der Waals surface area contributed by atoms with Crippen molar-refractivity contribution in [2.24, 2.45) is 0 Å². The van der Waals surface area contributed by atoms with Crippen molar-refractivity contribution in [1.82, 2.24) is 4.72 Å². The van der Waals surface area contributed by atoms with E-state index in [1.807, 2.05) is 0 Å². The highest BCUT2D eigenvalue weighted by molar-refractivity contribution is 7.99. The van der Waals surface area contributed by atoms with Crippen molar-refractivity contribution < 1.29 is 17.7 Å². The molecule has 0 bridgehead atoms. The van der Waals surface area contributed by atoms with Crippen LogP contribution in [0, 0.1) is 15.9 Å². The highest BCUT2D eigenvalue weighted by atomic mass is 32.2. The maximum absolute atomic E-state index is 12.9. The number of nitrogens with one attached hydrogen (secondary N) is 1. The molecule has 0 aliphatic carbocycles. The molecule has 2 rings (SSSR count). The van der Waals surface area contributed by atoms with Gasteiger partial charge in [-0.05, 0) is 50.2 Å². The fraction of sp³-hybridized carbons (Fsp3) is 0.200. The molecule has 2 aromatic carbocycles. The van der Waals surface area contributed by atoms with Gasteiger partial charge in [-0.15, -0.1) is 0 Å². The molecular weight excluding hydrogens is 355 g/mol. The predicted molar refractivity (Wildman–Crippen MR) is 89.1 cm³/mol. The SMILES string of the molecule is CC(C)NS(=O)(=O)c1ccc(Sc2ccc(F)cc2)c([N+](=O)[O-])c1. The molecule has 0 spiro atoms. The van der Waals surface area contributed by atoms with Gasteiger partial charge in [0.1, 0.15) is 5.82 Å². The van der Waals surface area contributed by atoms with Gasteiger partial charge in [-0.2, -0.15) is 0 Å². The molecule has 24 heavy (non-hydrogen) atoms. The Bertz CT molecular complexity index is 852. The fourth-order valence-electron chi connectivity index (χ4n) is 1.90. The summed E-state index contributed by atoms with van der Waals surface area (Å²) in [7, 11) is -3.82. The zero-order valence-electron chi connectivity index (χ0n) is 12.9. The maximum atomic E-state index is 12.9. The minimum absolute atomic E-state index is 0.175. The van der Waals surface area contributed by atoms with Crippen molar-refractivity contribution in [1.29, 1.82) is 0 Å². The smallest absolute Gasteiger partial charge is 0.258 e. The molecule has 0 heterocycles. The van der Waals surface area contributed by atoms with E-state index in [1.165, 1.54) is 36.4 Å². The Morgan fingerprint density at radius 3 is 2.33 bits per heavy atom. The van der Waals surface area contributed by atoms with Crippen LogP contribution in [0.2, 0.25) is 0 Å². The lowest BCUT2D eigenvalue weighted by molar-refractivity contribution is -0.388. The van der Waals surface area contributed by atoms with Crippen molar-refractivity contribution in [3.05, 3.63) is 58.4 Å². The molecular formula is C15H15FN2O4S2. The van der Waals surface area contributed by atoms with Crippen LogP contribution in [0.3, 0.4) is 0 Å². The topological polar surface area (TPSA) is 89.3 Å². The first kappa shape index (κ1) is 18.4. The molecule has 0 aliphatic heterocycles. The lowest BCUT2D eigenvalue weighted by Crippen LogP contribution is -2.30. The van der Waals surface area contributed by atoms with E-state index in [2.05, 4.69) is 4.72 Å². The summed E-state index contributed by atoms with van der Waals surface area (Å²) >= 11 is 1.06. The van der Waals surface area contributed by atoms with E-state index in [-0.39, 0.29) is 21.5 Å². The minimum Gasteiger partial charge on any atom is -0.258 e. The van der Waals surface area contributed by atoms with Crippen LogP contribution in [-0.2, 0) is 10.0 Å². The Morgan fingerprint density at radius 1 is 1.17 bits per heavy atom. The fourth-order valence-corrected chi connectivity index (χ4v) is 4.07. The minimum atomic E-state index is -3.82. The summed E-state index contributed by atoms with van der Waals surface area (Å²) in [6, 6.07) is 8.87. The molecule has 1 N–H and O–H groups in total. The molecule has 9 heteroatoms. The lowest BCUT2D eigenvalue weighted by Gasteiger charge is -2.10. The molecule has 0 radical (unpaired) electrons. The van der Waals surface area contributed by atoms with Crippen molar-refractivity contribution in [2.45, 2.75) is 34.6 Å². The Labute approximate surface area is 143 Å². The van der Waals surface area contributed by atoms with Crippen molar-refractivity contribution in [3.8, 4) is 0 Å². The highest BCUT2D eigenvalue weighted by Gasteiger charge is 2.22. The third-order valence-electron chi connectivity index (χ3n) is 2.87. The van der Waals surface area contributed by atoms with Gasteiger partial charge in [0.25, 0.3) is 5.69 Å². The van der Waals surface area contributed by atoms with Crippen molar-refractivity contribution in [2.75, 3.05) is 0 Å². The molecule has 2 aromatic rings. The summed E-state index contributed by atoms with van der Waals surface area (Å²) in [6.45, 7) is 3.31. The number of nitro groups is 1. The largest absolute Gasteiger partial charge is 0.284 e. The van der Waals surface area contributed by atoms with E-state index in [0.717, 1.165) is 17.8 Å². The van der Waals surface area contributed by atoms with E-state index in [4.69, 9.17) is 0 Å². The van der Waals surface area contributed by atoms with Crippen LogP contribution in [0.5, 0.6) is 0 Å². The third kappa shape index (κ3) is 4.53. The number of hydrogen-bond acceptors (Lipinski definition) is 5. The van der Waals surface area contributed by atoms with E-state index in [9.17, 15) is 22.9 Å². The Hall–Kier alpha value is -1.97. The molecule has 0 aliphatic rings. The van der Waals surface area contributed by atoms with Crippen LogP contribution in [0.1, 0.15) is 13.8 Å². The number of sulfonamides is 1. The van der Waals surface area contributed by atoms with Crippen LogP contribution in [0.15, 0.2) is 57.2 Å². The molecule has 6 nitrogen and oxygen atoms in total. The monoisotopic (exact) mass is 370 g/mol. The van der Waals surface area contributed by atoms with Gasteiger partial charge in [-0.1, -0.05) is 11.8 Å². The Balaban J connectivity index is 2.40. The van der Waals surface area contributed by atoms with Gasteiger partial charge in [0, 0.05) is 17.0 Å². The summed E-state index contributed by atoms with van der Waals surface area (Å²) in [5, 5.41) is 11.3. The predicted octanol–water partition coefficient (Wildman–Crippen LogP) is 3.57. The van der Waals surface area contributed by atoms with Crippen LogP contribution in [0.25, 0.3) is 0 Å². The van der Waals surface area contributed by atoms with E-state index < -0.39 is 20.8 Å². The molecule has 0 fully saturated rings. The van der Waals surface area contributed by atoms with Gasteiger partial charge in [-0.3, -0.25) is 10.1 Å². The average molecular weight is 370 g/mol. The second kappa shape index (κ2) is 7.29. The van der Waals surface area contributed by atoms with Gasteiger partial charge in [0.15, 0.2) is 0 Å². The average Bonchev–Trinajstić information content (AvgIpc) is 2.48. The summed E-state index contributed by atoms with van der Waals surface area (Å²) in [5.74, 6) is -0.407. The summed E-state index contributed by atoms with van der Waals surface area (Å²) in [6.07, 6.45) is 0. The van der Waals surface area contributed by atoms with E-state index in [0.29, 0.717) is 4.90 Å². The van der Waals surface area contributed by atoms with Crippen LogP contribution >= 0.6 is 11.8 Å². The van der Waals surface area contributed by atoms with E-state index >= 15 is 0 Å². The number of nitro benzene ring substituents is 1. The number of benzene rings is 2. The number of halogens is 1. The number of hydrogen-bond donors (Lipinski definition) is 1. The van der Waals surface area contributed by atoms with Crippen LogP contribution in [0.4, 0.5) is 10.1 Å². The standard InChI is InChI=1S/C15H15FN2O4S2/c1-10(2)17-24(21,22)13-7-8-15(14(9-13)18(19)20)23-12-5-3-11(16)4-6-12/h3-10,17H,1-2H3. The Morgan fingerprint density at radius 2 is 1.79 bits per heavy atom. The van der Waals surface area contributed by atoms with Gasteiger partial charge >= 0.3 is 0 Å². The summed E-state index contributed by atoms with van der Waals surface area (Å²) in [5.41, 5.74) is -0.323. The van der Waals surface area contributed by atoms with Gasteiger partial charge in [-0.25, -0.2) is 17.5 Å². The first-order valence-electron chi connectivity index (χ1n) is 6.93. The van der Waals surface area contributed by atoms with Gasteiger partial charge in [0.05, 0.1) is 14.7 Å². The molecule has 0 saturated carbocycles. The second-order valence-corrected chi connectivity index (χ2v) is 8.05. The summed E-state index contributed by atoms with van der Waals surface area (Å²) < 4.78 is 39.6. The zero-order valence-corrected chi connectivity index (χ0v) is 14.5. The summed E-state index contributed by atoms with van der Waals surface area (Å²) in [4.78, 5) is 11.4. The second-order valence-electron chi connectivity index (χ2n) is 5.22. The molecule has 0 aromatic heterocycles. The third-order valence-corrected chi connectivity index (χ3v) is 5.60. The molecule has 0 saturated heterocycles. The molecule has 128 valence electrons. The number of rotatable bonds is 6.